The molecule has 5 rings (SSSR count). The fourth-order valence-electron chi connectivity index (χ4n) is 3.69. The maximum absolute atomic E-state index is 13.0. The monoisotopic (exact) mass is 600 g/mol. The first kappa shape index (κ1) is 29.3. The Labute approximate surface area is 237 Å². The molecule has 0 radical (unpaired) electrons. The van der Waals surface area contributed by atoms with Crippen molar-refractivity contribution in [2.75, 3.05) is 21.3 Å². The van der Waals surface area contributed by atoms with Gasteiger partial charge >= 0.3 is 0 Å². The zero-order valence-corrected chi connectivity index (χ0v) is 23.8. The van der Waals surface area contributed by atoms with E-state index < -0.39 is 16.0 Å². The molecule has 0 bridgehead atoms. The average Bonchev–Trinajstić information content (AvgIpc) is 3.64. The average molecular weight is 601 g/mol. The smallest absolute Gasteiger partial charge is 0.300 e. The zero-order valence-electron chi connectivity index (χ0n) is 22.1. The van der Waals surface area contributed by atoms with E-state index in [4.69, 9.17) is 33.7 Å². The van der Waals surface area contributed by atoms with Crippen LogP contribution in [0, 0.1) is 0 Å². The van der Waals surface area contributed by atoms with Crippen LogP contribution < -0.4 is 29.4 Å². The third-order valence-electron chi connectivity index (χ3n) is 5.47. The van der Waals surface area contributed by atoms with Gasteiger partial charge in [-0.25, -0.2) is 13.6 Å². The molecular formula is C26H24N4O9S2. The van der Waals surface area contributed by atoms with Crippen molar-refractivity contribution in [2.45, 2.75) is 11.8 Å². The van der Waals surface area contributed by atoms with Gasteiger partial charge in [0.2, 0.25) is 20.7 Å². The van der Waals surface area contributed by atoms with Gasteiger partial charge in [0.1, 0.15) is 16.1 Å². The van der Waals surface area contributed by atoms with E-state index in [1.165, 1.54) is 49.3 Å². The topological polar surface area (TPSA) is 186 Å². The van der Waals surface area contributed by atoms with Crippen LogP contribution in [0.1, 0.15) is 12.7 Å². The Morgan fingerprint density at radius 2 is 1.63 bits per heavy atom. The first-order valence-electron chi connectivity index (χ1n) is 11.6. The third-order valence-corrected chi connectivity index (χ3v) is 7.36. The molecule has 0 fully saturated rings. The fourth-order valence-corrected chi connectivity index (χ4v) is 5.09. The number of carbonyl (C=O) groups is 1. The van der Waals surface area contributed by atoms with E-state index >= 15 is 0 Å². The summed E-state index contributed by atoms with van der Waals surface area (Å²) < 4.78 is 46.5. The molecule has 0 aliphatic heterocycles. The van der Waals surface area contributed by atoms with Crippen LogP contribution in [-0.2, 0) is 14.8 Å². The molecule has 13 nitrogen and oxygen atoms in total. The van der Waals surface area contributed by atoms with Gasteiger partial charge in [-0.05, 0) is 48.5 Å². The number of methoxy groups -OCH3 is 3. The number of aliphatic carboxylic acids is 1. The molecule has 214 valence electrons. The maximum atomic E-state index is 13.0. The molecule has 0 aliphatic rings. The second kappa shape index (κ2) is 11.8. The van der Waals surface area contributed by atoms with Crippen molar-refractivity contribution in [3.63, 3.8) is 0 Å². The number of thiazole rings is 1. The fraction of sp³-hybridized carbons (Fsp3) is 0.154. The lowest BCUT2D eigenvalue weighted by Crippen LogP contribution is -2.23. The van der Waals surface area contributed by atoms with Gasteiger partial charge in [-0.1, -0.05) is 11.3 Å². The highest BCUT2D eigenvalue weighted by atomic mass is 32.2. The quantitative estimate of drug-likeness (QED) is 0.279. The number of aromatic nitrogens is 3. The van der Waals surface area contributed by atoms with Crippen LogP contribution in [0.2, 0.25) is 0 Å². The number of sulfonamides is 1. The molecule has 0 saturated carbocycles. The van der Waals surface area contributed by atoms with Gasteiger partial charge in [0, 0.05) is 24.1 Å². The number of furan rings is 1. The van der Waals surface area contributed by atoms with Crippen molar-refractivity contribution in [1.82, 2.24) is 14.6 Å². The van der Waals surface area contributed by atoms with Gasteiger partial charge < -0.3 is 23.7 Å². The van der Waals surface area contributed by atoms with Crippen molar-refractivity contribution >= 4 is 38.4 Å². The minimum Gasteiger partial charge on any atom is -0.493 e. The number of benzene rings is 2. The largest absolute Gasteiger partial charge is 0.493 e. The van der Waals surface area contributed by atoms with E-state index in [1.807, 2.05) is 0 Å². The maximum Gasteiger partial charge on any atom is 0.300 e. The normalized spacial score (nSPS) is 11.7. The highest BCUT2D eigenvalue weighted by molar-refractivity contribution is 7.89. The van der Waals surface area contributed by atoms with Gasteiger partial charge in [-0.2, -0.15) is 9.50 Å². The van der Waals surface area contributed by atoms with E-state index in [0.29, 0.717) is 55.2 Å². The number of nitrogens with zero attached hydrogens (tertiary/aromatic N) is 3. The highest BCUT2D eigenvalue weighted by Crippen LogP contribution is 2.40. The van der Waals surface area contributed by atoms with Crippen LogP contribution in [-0.4, -0.2) is 55.4 Å². The Morgan fingerprint density at radius 3 is 2.15 bits per heavy atom. The SMILES string of the molecule is CC(=O)O.COc1cc(-c2nc3s/c(=C\c4ccc(-c5ccc(S(N)(=O)=O)cc5)o4)c(=O)n3n2)cc(OC)c1OC. The molecule has 5 aromatic rings. The lowest BCUT2D eigenvalue weighted by atomic mass is 10.1. The molecule has 2 aromatic carbocycles. The summed E-state index contributed by atoms with van der Waals surface area (Å²) in [5.41, 5.74) is 0.910. The summed E-state index contributed by atoms with van der Waals surface area (Å²) in [4.78, 5) is 26.9. The van der Waals surface area contributed by atoms with Gasteiger partial charge in [0.25, 0.3) is 11.5 Å². The molecule has 3 N–H and O–H groups in total. The minimum absolute atomic E-state index is 0.00548. The second-order valence-corrected chi connectivity index (χ2v) is 10.8. The predicted molar refractivity (Wildman–Crippen MR) is 150 cm³/mol. The number of nitrogens with two attached hydrogens (primary N) is 1. The van der Waals surface area contributed by atoms with Gasteiger partial charge in [-0.3, -0.25) is 9.59 Å². The molecule has 15 heteroatoms. The van der Waals surface area contributed by atoms with Gasteiger partial charge in [0.15, 0.2) is 17.3 Å². The Morgan fingerprint density at radius 1 is 1.02 bits per heavy atom. The van der Waals surface area contributed by atoms with E-state index in [9.17, 15) is 13.2 Å². The molecule has 41 heavy (non-hydrogen) atoms. The number of hydrogen-bond donors (Lipinski definition) is 2. The summed E-state index contributed by atoms with van der Waals surface area (Å²) in [6.45, 7) is 1.08. The lowest BCUT2D eigenvalue weighted by molar-refractivity contribution is -0.134. The van der Waals surface area contributed by atoms with Crippen molar-refractivity contribution in [3.8, 4) is 40.0 Å². The number of carboxylic acid groups (broad SMARTS) is 1. The van der Waals surface area contributed by atoms with E-state index in [2.05, 4.69) is 10.1 Å². The summed E-state index contributed by atoms with van der Waals surface area (Å²) in [5, 5.41) is 16.9. The molecule has 3 heterocycles. The number of hydrogen-bond acceptors (Lipinski definition) is 11. The third kappa shape index (κ3) is 6.37. The Bertz CT molecular complexity index is 1910. The molecule has 0 unspecified atom stereocenters. The standard InChI is InChI=1S/C24H20N4O7S2.C2H4O2/c1-32-18-10-14(11-19(33-2)21(18)34-3)22-26-24-28(27-22)23(29)20(36-24)12-15-6-9-17(35-15)13-4-7-16(8-5-13)37(25,30)31;1-2(3)4/h4-12H,1-3H3,(H2,25,30,31);1H3,(H,3,4)/b20-12-;. The molecule has 0 saturated heterocycles. The van der Waals surface area contributed by atoms with Crippen LogP contribution in [0.3, 0.4) is 0 Å². The molecule has 0 spiro atoms. The van der Waals surface area contributed by atoms with Crippen molar-refractivity contribution < 1.29 is 36.9 Å². The van der Waals surface area contributed by atoms with E-state index in [1.54, 1.807) is 42.5 Å². The minimum atomic E-state index is -3.78. The number of primary sulfonamides is 1. The van der Waals surface area contributed by atoms with Crippen LogP contribution >= 0.6 is 11.3 Å². The molecule has 3 aromatic heterocycles. The Hall–Kier alpha value is -4.73. The summed E-state index contributed by atoms with van der Waals surface area (Å²) in [5.74, 6) is 1.77. The highest BCUT2D eigenvalue weighted by Gasteiger charge is 2.18. The Balaban J connectivity index is 0.000000909. The summed E-state index contributed by atoms with van der Waals surface area (Å²) in [6, 6.07) is 12.8. The summed E-state index contributed by atoms with van der Waals surface area (Å²) in [6.07, 6.45) is 1.60. The van der Waals surface area contributed by atoms with Crippen molar-refractivity contribution in [2.24, 2.45) is 5.14 Å². The van der Waals surface area contributed by atoms with Crippen molar-refractivity contribution in [1.29, 1.82) is 0 Å². The van der Waals surface area contributed by atoms with E-state index in [0.717, 1.165) is 6.92 Å². The molecular weight excluding hydrogens is 576 g/mol. The first-order valence-corrected chi connectivity index (χ1v) is 14.0. The van der Waals surface area contributed by atoms with Crippen LogP contribution in [0.5, 0.6) is 17.2 Å². The molecule has 0 atom stereocenters. The van der Waals surface area contributed by atoms with E-state index in [-0.39, 0.29) is 10.5 Å². The lowest BCUT2D eigenvalue weighted by Gasteiger charge is -2.12. The summed E-state index contributed by atoms with van der Waals surface area (Å²) in [7, 11) is 0.753. The predicted octanol–water partition coefficient (Wildman–Crippen LogP) is 2.39. The number of ether oxygens (including phenoxy) is 3. The first-order chi connectivity index (χ1) is 19.4. The number of fused-ring (bicyclic) bond motifs is 1. The summed E-state index contributed by atoms with van der Waals surface area (Å²) >= 11 is 1.17. The van der Waals surface area contributed by atoms with Gasteiger partial charge in [-0.15, -0.1) is 5.10 Å². The number of rotatable bonds is 7. The van der Waals surface area contributed by atoms with Crippen LogP contribution in [0.4, 0.5) is 0 Å². The zero-order chi connectivity index (χ0) is 29.9. The number of carboxylic acids is 1. The van der Waals surface area contributed by atoms with Gasteiger partial charge in [0.05, 0.1) is 26.2 Å². The Kier molecular flexibility index (Phi) is 8.41. The van der Waals surface area contributed by atoms with Crippen molar-refractivity contribution in [3.05, 3.63) is 69.2 Å². The van der Waals surface area contributed by atoms with Crippen LogP contribution in [0.15, 0.2) is 62.6 Å². The molecule has 0 amide bonds. The second-order valence-electron chi connectivity index (χ2n) is 8.25. The molecule has 0 aliphatic carbocycles. The van der Waals surface area contributed by atoms with Crippen LogP contribution in [0.25, 0.3) is 33.7 Å².